The van der Waals surface area contributed by atoms with Crippen LogP contribution in [0.25, 0.3) is 0 Å². The van der Waals surface area contributed by atoms with Crippen LogP contribution in [0.2, 0.25) is 10.0 Å². The zero-order chi connectivity index (χ0) is 21.6. The van der Waals surface area contributed by atoms with Crippen LogP contribution in [0.4, 0.5) is 0 Å². The van der Waals surface area contributed by atoms with E-state index in [0.717, 1.165) is 3.57 Å². The second kappa shape index (κ2) is 11.0. The first-order valence-corrected chi connectivity index (χ1v) is 10.9. The fraction of sp³-hybridized carbons (Fsp3) is 0.333. The van der Waals surface area contributed by atoms with Crippen molar-refractivity contribution < 1.29 is 14.3 Å². The lowest BCUT2D eigenvalue weighted by Crippen LogP contribution is -2.50. The molecule has 0 fully saturated rings. The highest BCUT2D eigenvalue weighted by molar-refractivity contribution is 14.1. The van der Waals surface area contributed by atoms with Crippen molar-refractivity contribution in [1.29, 1.82) is 0 Å². The van der Waals surface area contributed by atoms with Crippen LogP contribution in [0, 0.1) is 3.57 Å². The van der Waals surface area contributed by atoms with Gasteiger partial charge in [0.2, 0.25) is 5.91 Å². The lowest BCUT2D eigenvalue weighted by molar-refractivity contribution is -0.142. The number of ether oxygens (including phenoxy) is 1. The van der Waals surface area contributed by atoms with Crippen LogP contribution in [0.1, 0.15) is 26.3 Å². The maximum Gasteiger partial charge on any atom is 0.261 e. The highest BCUT2D eigenvalue weighted by Gasteiger charge is 2.28. The molecule has 2 amide bonds. The Morgan fingerprint density at radius 3 is 2.21 bits per heavy atom. The topological polar surface area (TPSA) is 58.6 Å². The van der Waals surface area contributed by atoms with E-state index in [1.54, 1.807) is 37.3 Å². The minimum Gasteiger partial charge on any atom is -0.484 e. The van der Waals surface area contributed by atoms with E-state index in [1.807, 2.05) is 26.0 Å². The molecule has 0 aliphatic rings. The Bertz CT molecular complexity index is 839. The van der Waals surface area contributed by atoms with Crippen molar-refractivity contribution in [2.24, 2.45) is 0 Å². The summed E-state index contributed by atoms with van der Waals surface area (Å²) < 4.78 is 6.69. The van der Waals surface area contributed by atoms with Crippen molar-refractivity contribution in [3.05, 3.63) is 61.6 Å². The minimum atomic E-state index is -0.724. The van der Waals surface area contributed by atoms with Crippen LogP contribution in [0.5, 0.6) is 5.75 Å². The molecule has 0 bridgehead atoms. The van der Waals surface area contributed by atoms with E-state index in [4.69, 9.17) is 27.9 Å². The van der Waals surface area contributed by atoms with Gasteiger partial charge in [-0.1, -0.05) is 29.3 Å². The maximum atomic E-state index is 13.0. The van der Waals surface area contributed by atoms with Crippen molar-refractivity contribution >= 4 is 57.6 Å². The minimum absolute atomic E-state index is 0.0474. The molecule has 0 aromatic heterocycles. The Kier molecular flexibility index (Phi) is 9.04. The quantitative estimate of drug-likeness (QED) is 0.476. The van der Waals surface area contributed by atoms with Crippen LogP contribution in [0.15, 0.2) is 42.5 Å². The number of hydrogen-bond donors (Lipinski definition) is 1. The van der Waals surface area contributed by atoms with Gasteiger partial charge in [0.25, 0.3) is 5.91 Å². The van der Waals surface area contributed by atoms with Crippen LogP contribution >= 0.6 is 45.8 Å². The van der Waals surface area contributed by atoms with Gasteiger partial charge in [-0.15, -0.1) is 0 Å². The summed E-state index contributed by atoms with van der Waals surface area (Å²) in [5, 5.41) is 3.70. The van der Waals surface area contributed by atoms with Gasteiger partial charge in [0.05, 0.1) is 0 Å². The van der Waals surface area contributed by atoms with Crippen molar-refractivity contribution in [2.45, 2.75) is 39.4 Å². The van der Waals surface area contributed by atoms with Gasteiger partial charge in [-0.2, -0.15) is 0 Å². The van der Waals surface area contributed by atoms with Gasteiger partial charge in [0.15, 0.2) is 6.61 Å². The Labute approximate surface area is 194 Å². The highest BCUT2D eigenvalue weighted by atomic mass is 127. The summed E-state index contributed by atoms with van der Waals surface area (Å²) in [5.74, 6) is -0.0227. The maximum absolute atomic E-state index is 13.0. The van der Waals surface area contributed by atoms with E-state index in [2.05, 4.69) is 27.9 Å². The number of rotatable bonds is 8. The average Bonchev–Trinajstić information content (AvgIpc) is 2.66. The van der Waals surface area contributed by atoms with Gasteiger partial charge in [-0.25, -0.2) is 0 Å². The molecular weight excluding hydrogens is 526 g/mol. The molecule has 0 saturated heterocycles. The zero-order valence-electron chi connectivity index (χ0n) is 16.4. The third-order valence-corrected chi connectivity index (χ3v) is 5.59. The number of nitrogens with one attached hydrogen (secondary N) is 1. The van der Waals surface area contributed by atoms with E-state index in [1.165, 1.54) is 4.90 Å². The summed E-state index contributed by atoms with van der Waals surface area (Å²) in [6.07, 6.45) is 0. The fourth-order valence-corrected chi connectivity index (χ4v) is 3.48. The Morgan fingerprint density at radius 2 is 1.66 bits per heavy atom. The molecule has 1 unspecified atom stereocenters. The molecule has 2 rings (SSSR count). The summed E-state index contributed by atoms with van der Waals surface area (Å²) in [6, 6.07) is 11.7. The first-order valence-electron chi connectivity index (χ1n) is 9.10. The molecule has 1 atom stereocenters. The Morgan fingerprint density at radius 1 is 1.07 bits per heavy atom. The van der Waals surface area contributed by atoms with Crippen LogP contribution in [-0.4, -0.2) is 35.4 Å². The van der Waals surface area contributed by atoms with E-state index in [-0.39, 0.29) is 31.0 Å². The smallest absolute Gasteiger partial charge is 0.261 e. The molecule has 156 valence electrons. The second-order valence-corrected chi connectivity index (χ2v) is 8.86. The number of carbonyl (C=O) groups is 2. The van der Waals surface area contributed by atoms with Crippen LogP contribution < -0.4 is 10.1 Å². The predicted molar refractivity (Wildman–Crippen MR) is 124 cm³/mol. The number of nitrogens with zero attached hydrogens (tertiary/aromatic N) is 1. The van der Waals surface area contributed by atoms with Gasteiger partial charge in [0, 0.05) is 31.8 Å². The standard InChI is InChI=1S/C21H23Cl2IN2O3/c1-13(2)25-21(28)14(3)26(11-17-18(22)5-4-6-19(17)23)20(27)12-29-16-9-7-15(24)8-10-16/h4-10,13-14H,11-12H2,1-3H3,(H,25,28). The monoisotopic (exact) mass is 548 g/mol. The van der Waals surface area contributed by atoms with Gasteiger partial charge in [-0.3, -0.25) is 9.59 Å². The number of halogens is 3. The van der Waals surface area contributed by atoms with E-state index < -0.39 is 6.04 Å². The third-order valence-electron chi connectivity index (χ3n) is 4.16. The van der Waals surface area contributed by atoms with E-state index >= 15 is 0 Å². The lowest BCUT2D eigenvalue weighted by Gasteiger charge is -2.30. The van der Waals surface area contributed by atoms with E-state index in [0.29, 0.717) is 21.4 Å². The normalized spacial score (nSPS) is 11.8. The van der Waals surface area contributed by atoms with Crippen molar-refractivity contribution in [2.75, 3.05) is 6.61 Å². The van der Waals surface area contributed by atoms with Crippen LogP contribution in [0.3, 0.4) is 0 Å². The molecule has 0 aliphatic heterocycles. The summed E-state index contributed by atoms with van der Waals surface area (Å²) in [7, 11) is 0. The molecule has 2 aromatic rings. The predicted octanol–water partition coefficient (Wildman–Crippen LogP) is 4.92. The Hall–Kier alpha value is -1.51. The summed E-state index contributed by atoms with van der Waals surface area (Å²) in [6.45, 7) is 5.29. The van der Waals surface area contributed by atoms with Gasteiger partial charge < -0.3 is 15.0 Å². The van der Waals surface area contributed by atoms with Gasteiger partial charge in [-0.05, 0) is 79.8 Å². The van der Waals surface area contributed by atoms with Crippen molar-refractivity contribution in [1.82, 2.24) is 10.2 Å². The molecule has 0 radical (unpaired) electrons. The third kappa shape index (κ3) is 7.04. The largest absolute Gasteiger partial charge is 0.484 e. The molecular formula is C21H23Cl2IN2O3. The molecule has 0 saturated carbocycles. The van der Waals surface area contributed by atoms with Crippen molar-refractivity contribution in [3.8, 4) is 5.75 Å². The number of hydrogen-bond acceptors (Lipinski definition) is 3. The van der Waals surface area contributed by atoms with Gasteiger partial charge in [0.1, 0.15) is 11.8 Å². The average molecular weight is 549 g/mol. The Balaban J connectivity index is 2.21. The summed E-state index contributed by atoms with van der Waals surface area (Å²) in [5.41, 5.74) is 0.586. The molecule has 0 heterocycles. The molecule has 29 heavy (non-hydrogen) atoms. The van der Waals surface area contributed by atoms with Crippen molar-refractivity contribution in [3.63, 3.8) is 0 Å². The molecule has 8 heteroatoms. The second-order valence-electron chi connectivity index (χ2n) is 6.80. The summed E-state index contributed by atoms with van der Waals surface area (Å²) >= 11 is 14.8. The van der Waals surface area contributed by atoms with Crippen LogP contribution in [-0.2, 0) is 16.1 Å². The molecule has 1 N–H and O–H groups in total. The number of benzene rings is 2. The van der Waals surface area contributed by atoms with E-state index in [9.17, 15) is 9.59 Å². The highest BCUT2D eigenvalue weighted by Crippen LogP contribution is 2.26. The fourth-order valence-electron chi connectivity index (χ4n) is 2.60. The molecule has 0 spiro atoms. The number of amides is 2. The zero-order valence-corrected chi connectivity index (χ0v) is 20.1. The SMILES string of the molecule is CC(C)NC(=O)C(C)N(Cc1c(Cl)cccc1Cl)C(=O)COc1ccc(I)cc1. The first kappa shape index (κ1) is 23.8. The molecule has 5 nitrogen and oxygen atoms in total. The summed E-state index contributed by atoms with van der Waals surface area (Å²) in [4.78, 5) is 27.0. The lowest BCUT2D eigenvalue weighted by atomic mass is 10.1. The van der Waals surface area contributed by atoms with Gasteiger partial charge >= 0.3 is 0 Å². The molecule has 0 aliphatic carbocycles. The first-order chi connectivity index (χ1) is 13.7. The molecule has 2 aromatic carbocycles. The number of carbonyl (C=O) groups excluding carboxylic acids is 2.